The lowest BCUT2D eigenvalue weighted by molar-refractivity contribution is -0.116. The fourth-order valence-corrected chi connectivity index (χ4v) is 2.82. The average Bonchev–Trinajstić information content (AvgIpc) is 3.12. The Morgan fingerprint density at radius 1 is 1.19 bits per heavy atom. The van der Waals surface area contributed by atoms with E-state index in [0.717, 1.165) is 21.5 Å². The first-order valence-corrected chi connectivity index (χ1v) is 9.17. The SMILES string of the molecule is CCOc1ccc(-c2cnc(CCC(=O)Nc3ccccc3Br)o2)cc1. The number of ether oxygens (including phenoxy) is 1. The number of para-hydroxylation sites is 1. The highest BCUT2D eigenvalue weighted by molar-refractivity contribution is 9.10. The van der Waals surface area contributed by atoms with Gasteiger partial charge in [0.15, 0.2) is 11.7 Å². The summed E-state index contributed by atoms with van der Waals surface area (Å²) >= 11 is 3.41. The molecule has 0 spiro atoms. The summed E-state index contributed by atoms with van der Waals surface area (Å²) in [5, 5.41) is 2.87. The van der Waals surface area contributed by atoms with Crippen molar-refractivity contribution in [1.82, 2.24) is 4.98 Å². The van der Waals surface area contributed by atoms with E-state index in [1.165, 1.54) is 0 Å². The highest BCUT2D eigenvalue weighted by atomic mass is 79.9. The van der Waals surface area contributed by atoms with Gasteiger partial charge in [-0.05, 0) is 59.3 Å². The molecule has 1 aromatic heterocycles. The first-order valence-electron chi connectivity index (χ1n) is 8.38. The number of nitrogens with zero attached hydrogens (tertiary/aromatic N) is 1. The summed E-state index contributed by atoms with van der Waals surface area (Å²) in [6, 6.07) is 15.1. The Morgan fingerprint density at radius 3 is 2.69 bits per heavy atom. The molecule has 0 aliphatic carbocycles. The van der Waals surface area contributed by atoms with Gasteiger partial charge in [0.25, 0.3) is 0 Å². The van der Waals surface area contributed by atoms with Gasteiger partial charge < -0.3 is 14.5 Å². The zero-order valence-corrected chi connectivity index (χ0v) is 16.0. The highest BCUT2D eigenvalue weighted by Gasteiger charge is 2.10. The maximum atomic E-state index is 12.1. The molecular weight excluding hydrogens is 396 g/mol. The monoisotopic (exact) mass is 414 g/mol. The molecule has 3 aromatic rings. The van der Waals surface area contributed by atoms with Gasteiger partial charge in [-0.15, -0.1) is 0 Å². The molecule has 0 saturated heterocycles. The summed E-state index contributed by atoms with van der Waals surface area (Å²) in [4.78, 5) is 16.4. The predicted octanol–water partition coefficient (Wildman–Crippen LogP) is 5.07. The second-order valence-corrected chi connectivity index (χ2v) is 6.46. The molecule has 0 bridgehead atoms. The van der Waals surface area contributed by atoms with Crippen LogP contribution in [0.1, 0.15) is 19.2 Å². The zero-order valence-electron chi connectivity index (χ0n) is 14.4. The molecular formula is C20H19BrN2O3. The largest absolute Gasteiger partial charge is 0.494 e. The van der Waals surface area contributed by atoms with Crippen LogP contribution in [-0.2, 0) is 11.2 Å². The molecule has 5 nitrogen and oxygen atoms in total. The Kier molecular flexibility index (Phi) is 6.07. The topological polar surface area (TPSA) is 64.4 Å². The summed E-state index contributed by atoms with van der Waals surface area (Å²) in [6.45, 7) is 2.58. The van der Waals surface area contributed by atoms with Crippen LogP contribution < -0.4 is 10.1 Å². The van der Waals surface area contributed by atoms with Gasteiger partial charge in [-0.2, -0.15) is 0 Å². The van der Waals surface area contributed by atoms with Crippen molar-refractivity contribution in [3.63, 3.8) is 0 Å². The second-order valence-electron chi connectivity index (χ2n) is 5.60. The van der Waals surface area contributed by atoms with E-state index in [4.69, 9.17) is 9.15 Å². The van der Waals surface area contributed by atoms with Gasteiger partial charge >= 0.3 is 0 Å². The number of benzene rings is 2. The molecule has 134 valence electrons. The number of oxazole rings is 1. The number of hydrogen-bond donors (Lipinski definition) is 1. The molecule has 0 fully saturated rings. The van der Waals surface area contributed by atoms with Crippen molar-refractivity contribution in [2.45, 2.75) is 19.8 Å². The lowest BCUT2D eigenvalue weighted by Crippen LogP contribution is -2.12. The number of nitrogens with one attached hydrogen (secondary N) is 1. The summed E-state index contributed by atoms with van der Waals surface area (Å²) < 4.78 is 12.0. The lowest BCUT2D eigenvalue weighted by Gasteiger charge is -2.06. The lowest BCUT2D eigenvalue weighted by atomic mass is 10.2. The van der Waals surface area contributed by atoms with E-state index in [1.54, 1.807) is 6.20 Å². The highest BCUT2D eigenvalue weighted by Crippen LogP contribution is 2.24. The van der Waals surface area contributed by atoms with Crippen molar-refractivity contribution < 1.29 is 13.9 Å². The molecule has 2 aromatic carbocycles. The molecule has 0 atom stereocenters. The van der Waals surface area contributed by atoms with Gasteiger partial charge in [0.2, 0.25) is 5.91 Å². The van der Waals surface area contributed by atoms with Crippen LogP contribution >= 0.6 is 15.9 Å². The van der Waals surface area contributed by atoms with Gasteiger partial charge in [-0.3, -0.25) is 4.79 Å². The van der Waals surface area contributed by atoms with Crippen LogP contribution in [0.5, 0.6) is 5.75 Å². The van der Waals surface area contributed by atoms with E-state index in [2.05, 4.69) is 26.2 Å². The van der Waals surface area contributed by atoms with Crippen molar-refractivity contribution in [3.05, 3.63) is 65.1 Å². The number of hydrogen-bond acceptors (Lipinski definition) is 4. The van der Waals surface area contributed by atoms with Crippen LogP contribution in [0.15, 0.2) is 63.6 Å². The minimum Gasteiger partial charge on any atom is -0.494 e. The van der Waals surface area contributed by atoms with Crippen LogP contribution in [0.2, 0.25) is 0 Å². The Labute approximate surface area is 160 Å². The number of halogens is 1. The van der Waals surface area contributed by atoms with Gasteiger partial charge in [0, 0.05) is 22.9 Å². The molecule has 26 heavy (non-hydrogen) atoms. The molecule has 0 unspecified atom stereocenters. The van der Waals surface area contributed by atoms with E-state index < -0.39 is 0 Å². The van der Waals surface area contributed by atoms with Gasteiger partial charge in [-0.25, -0.2) is 4.98 Å². The van der Waals surface area contributed by atoms with Crippen LogP contribution in [-0.4, -0.2) is 17.5 Å². The van der Waals surface area contributed by atoms with Gasteiger partial charge in [0.05, 0.1) is 18.5 Å². The van der Waals surface area contributed by atoms with E-state index in [1.807, 2.05) is 55.5 Å². The average molecular weight is 415 g/mol. The molecule has 0 aliphatic rings. The molecule has 0 aliphatic heterocycles. The molecule has 1 N–H and O–H groups in total. The van der Waals surface area contributed by atoms with Gasteiger partial charge in [0.1, 0.15) is 5.75 Å². The fourth-order valence-electron chi connectivity index (χ4n) is 2.44. The summed E-state index contributed by atoms with van der Waals surface area (Å²) in [6.07, 6.45) is 2.41. The second kappa shape index (κ2) is 8.67. The maximum absolute atomic E-state index is 12.1. The van der Waals surface area contributed by atoms with Crippen LogP contribution in [0.25, 0.3) is 11.3 Å². The number of rotatable bonds is 7. The standard InChI is InChI=1S/C20H19BrN2O3/c1-2-25-15-9-7-14(8-10-15)18-13-22-20(26-18)12-11-19(24)23-17-6-4-3-5-16(17)21/h3-10,13H,2,11-12H2,1H3,(H,23,24). The minimum atomic E-state index is -0.0854. The molecule has 6 heteroatoms. The maximum Gasteiger partial charge on any atom is 0.224 e. The summed E-state index contributed by atoms with van der Waals surface area (Å²) in [5.74, 6) is 1.95. The zero-order chi connectivity index (χ0) is 18.4. The van der Waals surface area contributed by atoms with Crippen LogP contribution in [0, 0.1) is 0 Å². The van der Waals surface area contributed by atoms with Crippen molar-refractivity contribution >= 4 is 27.5 Å². The Morgan fingerprint density at radius 2 is 1.96 bits per heavy atom. The number of anilines is 1. The molecule has 1 heterocycles. The predicted molar refractivity (Wildman–Crippen MR) is 104 cm³/mol. The molecule has 0 saturated carbocycles. The Hall–Kier alpha value is -2.60. The van der Waals surface area contributed by atoms with E-state index in [0.29, 0.717) is 31.1 Å². The Bertz CT molecular complexity index is 875. The van der Waals surface area contributed by atoms with E-state index in [9.17, 15) is 4.79 Å². The van der Waals surface area contributed by atoms with E-state index in [-0.39, 0.29) is 5.91 Å². The molecule has 3 rings (SSSR count). The number of aryl methyl sites for hydroxylation is 1. The first-order chi connectivity index (χ1) is 12.7. The fraction of sp³-hybridized carbons (Fsp3) is 0.200. The summed E-state index contributed by atoms with van der Waals surface area (Å²) in [7, 11) is 0. The third-order valence-electron chi connectivity index (χ3n) is 3.72. The quantitative estimate of drug-likeness (QED) is 0.585. The van der Waals surface area contributed by atoms with Crippen molar-refractivity contribution in [2.75, 3.05) is 11.9 Å². The van der Waals surface area contributed by atoms with Crippen LogP contribution in [0.4, 0.5) is 5.69 Å². The third kappa shape index (κ3) is 4.73. The first kappa shape index (κ1) is 18.2. The molecule has 0 radical (unpaired) electrons. The number of carbonyl (C=O) groups excluding carboxylic acids is 1. The van der Waals surface area contributed by atoms with Gasteiger partial charge in [-0.1, -0.05) is 12.1 Å². The number of carbonyl (C=O) groups is 1. The van der Waals surface area contributed by atoms with Crippen molar-refractivity contribution in [1.29, 1.82) is 0 Å². The Balaban J connectivity index is 1.56. The van der Waals surface area contributed by atoms with E-state index >= 15 is 0 Å². The van der Waals surface area contributed by atoms with Crippen LogP contribution in [0.3, 0.4) is 0 Å². The number of amides is 1. The third-order valence-corrected chi connectivity index (χ3v) is 4.41. The smallest absolute Gasteiger partial charge is 0.224 e. The normalized spacial score (nSPS) is 10.5. The number of aromatic nitrogens is 1. The minimum absolute atomic E-state index is 0.0854. The molecule has 1 amide bonds. The van der Waals surface area contributed by atoms with Crippen molar-refractivity contribution in [2.24, 2.45) is 0 Å². The van der Waals surface area contributed by atoms with Crippen molar-refractivity contribution in [3.8, 4) is 17.1 Å². The summed E-state index contributed by atoms with van der Waals surface area (Å²) in [5.41, 5.74) is 1.67.